The van der Waals surface area contributed by atoms with E-state index in [4.69, 9.17) is 4.74 Å². The Morgan fingerprint density at radius 3 is 2.85 bits per heavy atom. The average Bonchev–Trinajstić information content (AvgIpc) is 2.89. The first-order valence-electron chi connectivity index (χ1n) is 7.51. The number of aryl methyl sites for hydroxylation is 1. The van der Waals surface area contributed by atoms with E-state index in [0.717, 1.165) is 38.9 Å². The highest BCUT2D eigenvalue weighted by molar-refractivity contribution is 5.78. The molecule has 1 amide bonds. The van der Waals surface area contributed by atoms with Gasteiger partial charge in [-0.15, -0.1) is 0 Å². The summed E-state index contributed by atoms with van der Waals surface area (Å²) < 4.78 is 5.29. The molecule has 1 atom stereocenters. The van der Waals surface area contributed by atoms with Crippen molar-refractivity contribution in [3.8, 4) is 0 Å². The molecule has 1 aromatic rings. The van der Waals surface area contributed by atoms with Crippen LogP contribution in [0.15, 0.2) is 24.3 Å². The Bertz CT molecular complexity index is 469. The molecule has 2 aliphatic rings. The summed E-state index contributed by atoms with van der Waals surface area (Å²) >= 11 is 0. The maximum Gasteiger partial charge on any atom is 0.234 e. The lowest BCUT2D eigenvalue weighted by atomic mass is 10.1. The van der Waals surface area contributed by atoms with Crippen LogP contribution in [-0.2, 0) is 16.0 Å². The van der Waals surface area contributed by atoms with Crippen molar-refractivity contribution < 1.29 is 9.53 Å². The molecule has 20 heavy (non-hydrogen) atoms. The quantitative estimate of drug-likeness (QED) is 0.876. The van der Waals surface area contributed by atoms with Crippen molar-refractivity contribution in [3.05, 3.63) is 35.4 Å². The normalized spacial score (nSPS) is 22.5. The molecule has 1 fully saturated rings. The van der Waals surface area contributed by atoms with Crippen molar-refractivity contribution >= 4 is 5.91 Å². The van der Waals surface area contributed by atoms with Crippen LogP contribution in [0.25, 0.3) is 0 Å². The van der Waals surface area contributed by atoms with Crippen LogP contribution in [0, 0.1) is 0 Å². The summed E-state index contributed by atoms with van der Waals surface area (Å²) in [6.45, 7) is 1.92. The minimum atomic E-state index is 0.0984. The van der Waals surface area contributed by atoms with Gasteiger partial charge in [0.1, 0.15) is 0 Å². The number of fused-ring (bicyclic) bond motifs is 1. The molecule has 4 nitrogen and oxygen atoms in total. The molecule has 0 radical (unpaired) electrons. The van der Waals surface area contributed by atoms with Gasteiger partial charge in [-0.1, -0.05) is 24.3 Å². The lowest BCUT2D eigenvalue weighted by Crippen LogP contribution is -2.43. The molecule has 1 unspecified atom stereocenters. The van der Waals surface area contributed by atoms with Gasteiger partial charge in [0.05, 0.1) is 6.54 Å². The summed E-state index contributed by atoms with van der Waals surface area (Å²) in [5.74, 6) is 0.0984. The van der Waals surface area contributed by atoms with Crippen molar-refractivity contribution in [1.29, 1.82) is 0 Å². The van der Waals surface area contributed by atoms with Gasteiger partial charge in [-0.05, 0) is 36.8 Å². The van der Waals surface area contributed by atoms with E-state index in [2.05, 4.69) is 34.9 Å². The van der Waals surface area contributed by atoms with Gasteiger partial charge in [0.2, 0.25) is 5.91 Å². The van der Waals surface area contributed by atoms with Gasteiger partial charge in [0.15, 0.2) is 0 Å². The summed E-state index contributed by atoms with van der Waals surface area (Å²) in [5.41, 5.74) is 2.77. The van der Waals surface area contributed by atoms with Gasteiger partial charge >= 0.3 is 0 Å². The van der Waals surface area contributed by atoms with E-state index in [-0.39, 0.29) is 11.9 Å². The third-order valence-electron chi connectivity index (χ3n) is 4.23. The van der Waals surface area contributed by atoms with Crippen LogP contribution in [0.4, 0.5) is 0 Å². The number of amides is 1. The Hall–Kier alpha value is -1.39. The SMILES string of the molecule is O=C(CNC1CCc2ccccc21)NC1CCOCC1. The number of ether oxygens (including phenoxy) is 1. The van der Waals surface area contributed by atoms with E-state index in [1.54, 1.807) is 0 Å². The zero-order valence-electron chi connectivity index (χ0n) is 11.7. The molecule has 0 saturated carbocycles. The topological polar surface area (TPSA) is 50.4 Å². The minimum Gasteiger partial charge on any atom is -0.381 e. The van der Waals surface area contributed by atoms with Crippen molar-refractivity contribution in [2.24, 2.45) is 0 Å². The first kappa shape index (κ1) is 13.6. The molecule has 1 aliphatic carbocycles. The zero-order chi connectivity index (χ0) is 13.8. The minimum absolute atomic E-state index is 0.0984. The fraction of sp³-hybridized carbons (Fsp3) is 0.562. The number of nitrogens with one attached hydrogen (secondary N) is 2. The standard InChI is InChI=1S/C16H22N2O2/c19-16(18-13-7-9-20-10-8-13)11-17-15-6-5-12-3-1-2-4-14(12)15/h1-4,13,15,17H,5-11H2,(H,18,19). The number of carbonyl (C=O) groups excluding carboxylic acids is 1. The summed E-state index contributed by atoms with van der Waals surface area (Å²) in [6.07, 6.45) is 4.05. The Balaban J connectivity index is 1.46. The second-order valence-electron chi connectivity index (χ2n) is 5.63. The molecule has 3 rings (SSSR count). The fourth-order valence-corrected chi connectivity index (χ4v) is 3.11. The molecule has 1 aliphatic heterocycles. The van der Waals surface area contributed by atoms with Gasteiger partial charge in [-0.25, -0.2) is 0 Å². The van der Waals surface area contributed by atoms with E-state index >= 15 is 0 Å². The monoisotopic (exact) mass is 274 g/mol. The van der Waals surface area contributed by atoms with Crippen LogP contribution in [0.5, 0.6) is 0 Å². The van der Waals surface area contributed by atoms with Crippen LogP contribution < -0.4 is 10.6 Å². The van der Waals surface area contributed by atoms with Gasteiger partial charge in [-0.2, -0.15) is 0 Å². The van der Waals surface area contributed by atoms with Gasteiger partial charge in [-0.3, -0.25) is 4.79 Å². The van der Waals surface area contributed by atoms with Crippen LogP contribution >= 0.6 is 0 Å². The van der Waals surface area contributed by atoms with Crippen LogP contribution in [0.1, 0.15) is 36.4 Å². The van der Waals surface area contributed by atoms with E-state index in [9.17, 15) is 4.79 Å². The molecule has 0 aromatic heterocycles. The maximum absolute atomic E-state index is 12.0. The summed E-state index contributed by atoms with van der Waals surface area (Å²) in [5, 5.41) is 6.47. The third-order valence-corrected chi connectivity index (χ3v) is 4.23. The molecular formula is C16H22N2O2. The molecule has 108 valence electrons. The number of hydrogen-bond donors (Lipinski definition) is 2. The van der Waals surface area contributed by atoms with Crippen molar-refractivity contribution in [3.63, 3.8) is 0 Å². The Morgan fingerprint density at radius 1 is 1.20 bits per heavy atom. The van der Waals surface area contributed by atoms with Gasteiger partial charge in [0, 0.05) is 25.3 Å². The smallest absolute Gasteiger partial charge is 0.234 e. The first-order chi connectivity index (χ1) is 9.83. The van der Waals surface area contributed by atoms with E-state index < -0.39 is 0 Å². The second-order valence-corrected chi connectivity index (χ2v) is 5.63. The number of carbonyl (C=O) groups is 1. The Kier molecular flexibility index (Phi) is 4.33. The molecule has 1 aromatic carbocycles. The van der Waals surface area contributed by atoms with Gasteiger partial charge < -0.3 is 15.4 Å². The van der Waals surface area contributed by atoms with Crippen molar-refractivity contribution in [1.82, 2.24) is 10.6 Å². The highest BCUT2D eigenvalue weighted by Crippen LogP contribution is 2.30. The summed E-state index contributed by atoms with van der Waals surface area (Å²) in [4.78, 5) is 12.0. The van der Waals surface area contributed by atoms with Crippen molar-refractivity contribution in [2.75, 3.05) is 19.8 Å². The first-order valence-corrected chi connectivity index (χ1v) is 7.51. The lowest BCUT2D eigenvalue weighted by Gasteiger charge is -2.23. The summed E-state index contributed by atoms with van der Waals surface area (Å²) in [6, 6.07) is 9.11. The van der Waals surface area contributed by atoms with E-state index in [1.165, 1.54) is 11.1 Å². The highest BCUT2D eigenvalue weighted by atomic mass is 16.5. The number of hydrogen-bond acceptors (Lipinski definition) is 3. The number of benzene rings is 1. The molecule has 4 heteroatoms. The highest BCUT2D eigenvalue weighted by Gasteiger charge is 2.22. The second kappa shape index (κ2) is 6.37. The van der Waals surface area contributed by atoms with E-state index in [1.807, 2.05) is 0 Å². The van der Waals surface area contributed by atoms with Crippen LogP contribution in [0.2, 0.25) is 0 Å². The molecule has 0 bridgehead atoms. The van der Waals surface area contributed by atoms with Crippen LogP contribution in [-0.4, -0.2) is 31.7 Å². The Morgan fingerprint density at radius 2 is 2.00 bits per heavy atom. The fourth-order valence-electron chi connectivity index (χ4n) is 3.11. The molecular weight excluding hydrogens is 252 g/mol. The Labute approximate surface area is 119 Å². The predicted octanol–water partition coefficient (Wildman–Crippen LogP) is 1.56. The largest absolute Gasteiger partial charge is 0.381 e. The summed E-state index contributed by atoms with van der Waals surface area (Å²) in [7, 11) is 0. The zero-order valence-corrected chi connectivity index (χ0v) is 11.7. The van der Waals surface area contributed by atoms with Crippen LogP contribution in [0.3, 0.4) is 0 Å². The molecule has 1 heterocycles. The maximum atomic E-state index is 12.0. The lowest BCUT2D eigenvalue weighted by molar-refractivity contribution is -0.121. The average molecular weight is 274 g/mol. The van der Waals surface area contributed by atoms with Crippen molar-refractivity contribution in [2.45, 2.75) is 37.8 Å². The number of rotatable bonds is 4. The van der Waals surface area contributed by atoms with Gasteiger partial charge in [0.25, 0.3) is 0 Å². The molecule has 1 saturated heterocycles. The third kappa shape index (κ3) is 3.19. The predicted molar refractivity (Wildman–Crippen MR) is 77.5 cm³/mol. The van der Waals surface area contributed by atoms with E-state index in [0.29, 0.717) is 12.6 Å². The molecule has 0 spiro atoms. The molecule has 2 N–H and O–H groups in total.